The molecule has 0 aliphatic carbocycles. The molecule has 0 aliphatic heterocycles. The van der Waals surface area contributed by atoms with Gasteiger partial charge in [-0.1, -0.05) is 11.6 Å². The zero-order chi connectivity index (χ0) is 11.9. The molecular formula is C7H3ClF3NaO3S. The summed E-state index contributed by atoms with van der Waals surface area (Å²) in [5.74, 6) is 0. The SMILES string of the molecule is O=S(=O)([O-])c1ccc(Cl)cc1C(F)(F)F.[Na+]. The Balaban J connectivity index is 0.00000225. The van der Waals surface area contributed by atoms with Crippen LogP contribution in [0.4, 0.5) is 13.2 Å². The Bertz CT molecular complexity index is 486. The van der Waals surface area contributed by atoms with Gasteiger partial charge in [-0.2, -0.15) is 13.2 Å². The molecule has 3 nitrogen and oxygen atoms in total. The van der Waals surface area contributed by atoms with E-state index in [1.807, 2.05) is 0 Å². The van der Waals surface area contributed by atoms with E-state index in [0.717, 1.165) is 6.07 Å². The van der Waals surface area contributed by atoms with E-state index in [-0.39, 0.29) is 34.6 Å². The number of alkyl halides is 3. The van der Waals surface area contributed by atoms with Crippen LogP contribution in [0.3, 0.4) is 0 Å². The maximum atomic E-state index is 12.3. The Morgan fingerprint density at radius 1 is 1.25 bits per heavy atom. The van der Waals surface area contributed by atoms with Crippen LogP contribution < -0.4 is 29.6 Å². The first-order chi connectivity index (χ1) is 6.62. The quantitative estimate of drug-likeness (QED) is 0.504. The largest absolute Gasteiger partial charge is 1.00 e. The second kappa shape index (κ2) is 5.24. The van der Waals surface area contributed by atoms with E-state index in [0.29, 0.717) is 12.1 Å². The summed E-state index contributed by atoms with van der Waals surface area (Å²) in [6.45, 7) is 0. The molecule has 1 aromatic carbocycles. The number of rotatable bonds is 1. The molecule has 0 saturated heterocycles. The Morgan fingerprint density at radius 2 is 1.75 bits per heavy atom. The fourth-order valence-corrected chi connectivity index (χ4v) is 1.79. The van der Waals surface area contributed by atoms with Gasteiger partial charge in [-0.15, -0.1) is 0 Å². The molecule has 0 heterocycles. The summed E-state index contributed by atoms with van der Waals surface area (Å²) in [6, 6.07) is 1.83. The van der Waals surface area contributed by atoms with Gasteiger partial charge >= 0.3 is 35.7 Å². The molecule has 0 N–H and O–H groups in total. The first-order valence-corrected chi connectivity index (χ1v) is 5.23. The van der Waals surface area contributed by atoms with Crippen LogP contribution in [0, 0.1) is 0 Å². The van der Waals surface area contributed by atoms with Crippen molar-refractivity contribution in [3.8, 4) is 0 Å². The van der Waals surface area contributed by atoms with E-state index in [2.05, 4.69) is 0 Å². The molecule has 16 heavy (non-hydrogen) atoms. The maximum absolute atomic E-state index is 12.3. The van der Waals surface area contributed by atoms with Gasteiger partial charge in [0.2, 0.25) is 0 Å². The van der Waals surface area contributed by atoms with Crippen molar-refractivity contribution in [2.45, 2.75) is 11.1 Å². The third-order valence-corrected chi connectivity index (χ3v) is 2.65. The third-order valence-electron chi connectivity index (χ3n) is 1.52. The van der Waals surface area contributed by atoms with Crippen molar-refractivity contribution in [2.24, 2.45) is 0 Å². The van der Waals surface area contributed by atoms with Gasteiger partial charge in [-0.25, -0.2) is 8.42 Å². The van der Waals surface area contributed by atoms with E-state index < -0.39 is 26.8 Å². The molecule has 0 radical (unpaired) electrons. The van der Waals surface area contributed by atoms with Gasteiger partial charge in [0.25, 0.3) is 0 Å². The standard InChI is InChI=1S/C7H4ClF3O3S.Na/c8-4-1-2-6(15(12,13)14)5(3-4)7(9,10)11;/h1-3H,(H,12,13,14);/q;+1/p-1. The zero-order valence-electron chi connectivity index (χ0n) is 7.88. The van der Waals surface area contributed by atoms with Crippen molar-refractivity contribution in [1.82, 2.24) is 0 Å². The second-order valence-electron chi connectivity index (χ2n) is 2.59. The summed E-state index contributed by atoms with van der Waals surface area (Å²) >= 11 is 5.28. The van der Waals surface area contributed by atoms with Gasteiger partial charge in [0.15, 0.2) is 0 Å². The number of halogens is 4. The molecule has 0 atom stereocenters. The molecule has 0 unspecified atom stereocenters. The van der Waals surface area contributed by atoms with Crippen LogP contribution in [0.1, 0.15) is 5.56 Å². The van der Waals surface area contributed by atoms with Crippen molar-refractivity contribution < 1.29 is 55.7 Å². The normalized spacial score (nSPS) is 12.1. The minimum absolute atomic E-state index is 0. The minimum Gasteiger partial charge on any atom is -0.744 e. The zero-order valence-corrected chi connectivity index (χ0v) is 11.4. The molecular weight excluding hydrogens is 280 g/mol. The Kier molecular flexibility index (Phi) is 5.31. The third kappa shape index (κ3) is 3.90. The first-order valence-electron chi connectivity index (χ1n) is 3.45. The predicted molar refractivity (Wildman–Crippen MR) is 44.4 cm³/mol. The molecule has 0 aromatic heterocycles. The molecule has 0 amide bonds. The van der Waals surface area contributed by atoms with Crippen molar-refractivity contribution >= 4 is 21.7 Å². The van der Waals surface area contributed by atoms with Crippen LogP contribution in [-0.2, 0) is 16.3 Å². The predicted octanol–water partition coefficient (Wildman–Crippen LogP) is -0.733. The van der Waals surface area contributed by atoms with E-state index in [4.69, 9.17) is 11.6 Å². The van der Waals surface area contributed by atoms with Crippen LogP contribution in [0.2, 0.25) is 5.02 Å². The van der Waals surface area contributed by atoms with Crippen LogP contribution in [0.15, 0.2) is 23.1 Å². The maximum Gasteiger partial charge on any atom is 1.00 e. The van der Waals surface area contributed by atoms with Gasteiger partial charge in [-0.05, 0) is 18.2 Å². The first kappa shape index (κ1) is 16.2. The Labute approximate surface area is 117 Å². The van der Waals surface area contributed by atoms with E-state index in [1.54, 1.807) is 0 Å². The van der Waals surface area contributed by atoms with Gasteiger partial charge in [0.1, 0.15) is 10.1 Å². The van der Waals surface area contributed by atoms with Crippen LogP contribution in [0.25, 0.3) is 0 Å². The Morgan fingerprint density at radius 3 is 2.12 bits per heavy atom. The number of benzene rings is 1. The average molecular weight is 283 g/mol. The van der Waals surface area contributed by atoms with Crippen molar-refractivity contribution in [3.05, 3.63) is 28.8 Å². The topological polar surface area (TPSA) is 57.2 Å². The summed E-state index contributed by atoms with van der Waals surface area (Å²) in [4.78, 5) is -1.32. The fraction of sp³-hybridized carbons (Fsp3) is 0.143. The van der Waals surface area contributed by atoms with E-state index >= 15 is 0 Å². The minimum atomic E-state index is -5.16. The molecule has 1 rings (SSSR count). The molecule has 0 bridgehead atoms. The van der Waals surface area contributed by atoms with E-state index in [9.17, 15) is 26.1 Å². The summed E-state index contributed by atoms with van der Waals surface area (Å²) < 4.78 is 68.4. The van der Waals surface area contributed by atoms with Gasteiger partial charge in [-0.3, -0.25) is 0 Å². The summed E-state index contributed by atoms with van der Waals surface area (Å²) in [6.07, 6.45) is -4.93. The Hall–Kier alpha value is 0.210. The van der Waals surface area contributed by atoms with Crippen LogP contribution >= 0.6 is 11.6 Å². The number of hydrogen-bond acceptors (Lipinski definition) is 3. The molecule has 0 spiro atoms. The van der Waals surface area contributed by atoms with Gasteiger partial charge in [0.05, 0.1) is 10.5 Å². The summed E-state index contributed by atoms with van der Waals surface area (Å²) in [7, 11) is -5.16. The molecule has 1 aromatic rings. The smallest absolute Gasteiger partial charge is 0.744 e. The molecule has 84 valence electrons. The summed E-state index contributed by atoms with van der Waals surface area (Å²) in [5.41, 5.74) is -1.55. The van der Waals surface area contributed by atoms with E-state index in [1.165, 1.54) is 0 Å². The van der Waals surface area contributed by atoms with Crippen molar-refractivity contribution in [1.29, 1.82) is 0 Å². The van der Waals surface area contributed by atoms with Crippen LogP contribution in [0.5, 0.6) is 0 Å². The average Bonchev–Trinajstić information content (AvgIpc) is 2.00. The van der Waals surface area contributed by atoms with Crippen molar-refractivity contribution in [2.75, 3.05) is 0 Å². The fourth-order valence-electron chi connectivity index (χ4n) is 0.942. The monoisotopic (exact) mass is 282 g/mol. The molecule has 9 heteroatoms. The van der Waals surface area contributed by atoms with Gasteiger partial charge in [0, 0.05) is 5.02 Å². The van der Waals surface area contributed by atoms with Crippen LogP contribution in [-0.4, -0.2) is 13.0 Å². The van der Waals surface area contributed by atoms with Crippen molar-refractivity contribution in [3.63, 3.8) is 0 Å². The number of hydrogen-bond donors (Lipinski definition) is 0. The summed E-state index contributed by atoms with van der Waals surface area (Å²) in [5, 5.41) is -0.297. The van der Waals surface area contributed by atoms with Gasteiger partial charge < -0.3 is 4.55 Å². The molecule has 0 saturated carbocycles. The molecule has 0 aliphatic rings. The second-order valence-corrected chi connectivity index (χ2v) is 4.38. The molecule has 0 fully saturated rings.